The summed E-state index contributed by atoms with van der Waals surface area (Å²) in [5, 5.41) is -0.416. The summed E-state index contributed by atoms with van der Waals surface area (Å²) in [5.41, 5.74) is 0.505. The van der Waals surface area contributed by atoms with Gasteiger partial charge in [-0.3, -0.25) is 0 Å². The van der Waals surface area contributed by atoms with Gasteiger partial charge in [0.1, 0.15) is 0 Å². The van der Waals surface area contributed by atoms with Gasteiger partial charge in [-0.1, -0.05) is 33.6 Å². The Labute approximate surface area is 101 Å². The zero-order valence-corrected chi connectivity index (χ0v) is 11.1. The van der Waals surface area contributed by atoms with Crippen LogP contribution in [0.15, 0.2) is 22.7 Å². The molecule has 0 amide bonds. The first-order valence-electron chi connectivity index (χ1n) is 3.71. The molecule has 0 heterocycles. The van der Waals surface area contributed by atoms with Crippen molar-refractivity contribution in [1.82, 2.24) is 0 Å². The van der Waals surface area contributed by atoms with Crippen molar-refractivity contribution >= 4 is 47.3 Å². The minimum absolute atomic E-state index is 0.385. The van der Waals surface area contributed by atoms with Gasteiger partial charge < -0.3 is 0 Å². The topological polar surface area (TPSA) is 34.1 Å². The Balaban J connectivity index is 3.21. The molecule has 0 bridgehead atoms. The highest BCUT2D eigenvalue weighted by Crippen LogP contribution is 2.32. The molecule has 1 aromatic rings. The molecule has 14 heavy (non-hydrogen) atoms. The molecule has 0 aliphatic carbocycles. The second kappa shape index (κ2) is 4.39. The standard InChI is InChI=1S/C8H7BrCl2O2S/c1-5(14(11,12)13)7-3-2-6(9)4-8(7)10/h2-5H,1H3. The molecule has 0 saturated heterocycles. The average molecular weight is 318 g/mol. The highest BCUT2D eigenvalue weighted by Gasteiger charge is 2.21. The fourth-order valence-corrected chi connectivity index (χ4v) is 2.68. The largest absolute Gasteiger partial charge is 0.239 e. The summed E-state index contributed by atoms with van der Waals surface area (Å²) < 4.78 is 22.9. The van der Waals surface area contributed by atoms with E-state index in [0.29, 0.717) is 10.6 Å². The fourth-order valence-electron chi connectivity index (χ4n) is 0.983. The molecular weight excluding hydrogens is 311 g/mol. The minimum atomic E-state index is -3.62. The lowest BCUT2D eigenvalue weighted by Crippen LogP contribution is -2.03. The van der Waals surface area contributed by atoms with Gasteiger partial charge in [0.2, 0.25) is 9.05 Å². The monoisotopic (exact) mass is 316 g/mol. The second-order valence-corrected chi connectivity index (χ2v) is 7.06. The molecule has 1 aromatic carbocycles. The van der Waals surface area contributed by atoms with E-state index in [4.69, 9.17) is 22.3 Å². The Morgan fingerprint density at radius 3 is 2.43 bits per heavy atom. The van der Waals surface area contributed by atoms with Crippen molar-refractivity contribution in [2.24, 2.45) is 0 Å². The molecule has 0 radical (unpaired) electrons. The molecule has 2 nitrogen and oxygen atoms in total. The molecule has 6 heteroatoms. The SMILES string of the molecule is CC(c1ccc(Br)cc1Cl)S(=O)(=O)Cl. The number of rotatable bonds is 2. The molecule has 0 aliphatic rings. The van der Waals surface area contributed by atoms with Crippen LogP contribution in [0.3, 0.4) is 0 Å². The van der Waals surface area contributed by atoms with Crippen molar-refractivity contribution in [3.05, 3.63) is 33.3 Å². The van der Waals surface area contributed by atoms with Crippen molar-refractivity contribution in [1.29, 1.82) is 0 Å². The fraction of sp³-hybridized carbons (Fsp3) is 0.250. The molecule has 1 rings (SSSR count). The van der Waals surface area contributed by atoms with E-state index >= 15 is 0 Å². The molecule has 0 fully saturated rings. The van der Waals surface area contributed by atoms with Gasteiger partial charge in [0.25, 0.3) is 0 Å². The Hall–Kier alpha value is 0.230. The number of halogens is 3. The Kier molecular flexibility index (Phi) is 3.86. The molecule has 0 saturated carbocycles. The Morgan fingerprint density at radius 2 is 2.00 bits per heavy atom. The van der Waals surface area contributed by atoms with Crippen LogP contribution in [0, 0.1) is 0 Å². The number of hydrogen-bond acceptors (Lipinski definition) is 2. The molecule has 78 valence electrons. The van der Waals surface area contributed by atoms with Gasteiger partial charge in [-0.2, -0.15) is 0 Å². The zero-order chi connectivity index (χ0) is 10.9. The summed E-state index contributed by atoms with van der Waals surface area (Å²) in [6.07, 6.45) is 0. The van der Waals surface area contributed by atoms with Crippen LogP contribution < -0.4 is 0 Å². The van der Waals surface area contributed by atoms with E-state index in [1.807, 2.05) is 0 Å². The van der Waals surface area contributed by atoms with Gasteiger partial charge in [0.05, 0.1) is 5.25 Å². The van der Waals surface area contributed by atoms with E-state index in [0.717, 1.165) is 4.47 Å². The summed E-state index contributed by atoms with van der Waals surface area (Å²) in [7, 11) is 1.61. The van der Waals surface area contributed by atoms with Crippen LogP contribution in [0.4, 0.5) is 0 Å². The maximum Gasteiger partial charge on any atom is 0.239 e. The van der Waals surface area contributed by atoms with Crippen LogP contribution >= 0.6 is 38.2 Å². The summed E-state index contributed by atoms with van der Waals surface area (Å²) in [6, 6.07) is 4.99. The third-order valence-corrected chi connectivity index (χ3v) is 4.54. The first kappa shape index (κ1) is 12.3. The smallest absolute Gasteiger partial charge is 0.212 e. The highest BCUT2D eigenvalue weighted by atomic mass is 79.9. The second-order valence-electron chi connectivity index (χ2n) is 2.78. The van der Waals surface area contributed by atoms with Gasteiger partial charge in [0.15, 0.2) is 0 Å². The predicted octanol–water partition coefficient (Wildman–Crippen LogP) is 3.73. The third kappa shape index (κ3) is 2.86. The van der Waals surface area contributed by atoms with E-state index in [1.54, 1.807) is 18.2 Å². The van der Waals surface area contributed by atoms with Crippen molar-refractivity contribution in [2.75, 3.05) is 0 Å². The van der Waals surface area contributed by atoms with Gasteiger partial charge in [0, 0.05) is 20.2 Å². The van der Waals surface area contributed by atoms with E-state index in [1.165, 1.54) is 6.92 Å². The Morgan fingerprint density at radius 1 is 1.43 bits per heavy atom. The first-order valence-corrected chi connectivity index (χ1v) is 7.25. The molecule has 0 aromatic heterocycles. The van der Waals surface area contributed by atoms with Crippen molar-refractivity contribution in [3.63, 3.8) is 0 Å². The molecule has 1 atom stereocenters. The first-order chi connectivity index (χ1) is 6.32. The Bertz CT molecular complexity index is 445. The molecule has 0 spiro atoms. The maximum atomic E-state index is 11.1. The summed E-state index contributed by atoms with van der Waals surface area (Å²) in [4.78, 5) is 0. The third-order valence-electron chi connectivity index (χ3n) is 1.82. The molecule has 0 aliphatic heterocycles. The van der Waals surface area contributed by atoms with Gasteiger partial charge >= 0.3 is 0 Å². The van der Waals surface area contributed by atoms with Crippen molar-refractivity contribution < 1.29 is 8.42 Å². The normalized spacial score (nSPS) is 14.0. The quantitative estimate of drug-likeness (QED) is 0.779. The van der Waals surface area contributed by atoms with Gasteiger partial charge in [-0.15, -0.1) is 0 Å². The zero-order valence-electron chi connectivity index (χ0n) is 7.17. The van der Waals surface area contributed by atoms with E-state index in [-0.39, 0.29) is 0 Å². The van der Waals surface area contributed by atoms with Gasteiger partial charge in [-0.05, 0) is 24.6 Å². The average Bonchev–Trinajstić information content (AvgIpc) is 2.01. The van der Waals surface area contributed by atoms with Crippen LogP contribution in [0.1, 0.15) is 17.7 Å². The van der Waals surface area contributed by atoms with Gasteiger partial charge in [-0.25, -0.2) is 8.42 Å². The van der Waals surface area contributed by atoms with Crippen LogP contribution in [0.5, 0.6) is 0 Å². The van der Waals surface area contributed by atoms with Crippen LogP contribution in [-0.4, -0.2) is 8.42 Å². The molecule has 1 unspecified atom stereocenters. The highest BCUT2D eigenvalue weighted by molar-refractivity contribution is 9.10. The van der Waals surface area contributed by atoms with Crippen molar-refractivity contribution in [3.8, 4) is 0 Å². The summed E-state index contributed by atoms with van der Waals surface area (Å²) >= 11 is 9.11. The van der Waals surface area contributed by atoms with Crippen molar-refractivity contribution in [2.45, 2.75) is 12.2 Å². The lowest BCUT2D eigenvalue weighted by atomic mass is 10.2. The lowest BCUT2D eigenvalue weighted by molar-refractivity contribution is 0.600. The minimum Gasteiger partial charge on any atom is -0.212 e. The number of benzene rings is 1. The molecule has 0 N–H and O–H groups in total. The van der Waals surface area contributed by atoms with Crippen LogP contribution in [0.2, 0.25) is 5.02 Å². The molecular formula is C8H7BrCl2O2S. The summed E-state index contributed by atoms with van der Waals surface area (Å²) in [5.74, 6) is 0. The van der Waals surface area contributed by atoms with E-state index in [2.05, 4.69) is 15.9 Å². The number of hydrogen-bond donors (Lipinski definition) is 0. The summed E-state index contributed by atoms with van der Waals surface area (Å²) in [6.45, 7) is 1.50. The maximum absolute atomic E-state index is 11.1. The van der Waals surface area contributed by atoms with E-state index < -0.39 is 14.3 Å². The van der Waals surface area contributed by atoms with E-state index in [9.17, 15) is 8.42 Å². The van der Waals surface area contributed by atoms with Crippen LogP contribution in [-0.2, 0) is 9.05 Å². The van der Waals surface area contributed by atoms with Crippen LogP contribution in [0.25, 0.3) is 0 Å². The lowest BCUT2D eigenvalue weighted by Gasteiger charge is -2.09. The predicted molar refractivity (Wildman–Crippen MR) is 62.3 cm³/mol.